The second-order valence-electron chi connectivity index (χ2n) is 18.5. The maximum absolute atomic E-state index is 13.0. The molecule has 340 valence electrons. The molecule has 3 aliphatic heterocycles. The number of likely N-dealkylation sites (tertiary alicyclic amines) is 1. The van der Waals surface area contributed by atoms with Crippen molar-refractivity contribution in [3.63, 3.8) is 0 Å². The van der Waals surface area contributed by atoms with E-state index in [1.807, 2.05) is 26.8 Å². The second-order valence-corrected chi connectivity index (χ2v) is 18.5. The van der Waals surface area contributed by atoms with Crippen LogP contribution in [-0.2, 0) is 33.2 Å². The molecule has 0 aromatic carbocycles. The summed E-state index contributed by atoms with van der Waals surface area (Å²) in [6, 6.07) is -3.85. The quantitative estimate of drug-likeness (QED) is 0.107. The molecule has 3 amide bonds. The molecule has 4 rings (SSSR count). The van der Waals surface area contributed by atoms with E-state index in [9.17, 15) is 34.8 Å². The van der Waals surface area contributed by atoms with Crippen molar-refractivity contribution < 1.29 is 63.2 Å². The van der Waals surface area contributed by atoms with Crippen LogP contribution < -0.4 is 27.8 Å². The number of piperidine rings is 1. The zero-order valence-corrected chi connectivity index (χ0v) is 35.9. The number of hydrogen-bond donors (Lipinski definition) is 9. The summed E-state index contributed by atoms with van der Waals surface area (Å²) in [7, 11) is 1.36. The Morgan fingerprint density at radius 3 is 2.24 bits per heavy atom. The first-order chi connectivity index (χ1) is 27.4. The van der Waals surface area contributed by atoms with E-state index in [4.69, 9.17) is 45.6 Å². The molecule has 2 saturated heterocycles. The zero-order valence-electron chi connectivity index (χ0n) is 35.9. The largest absolute Gasteiger partial charge is 0.467 e. The smallest absolute Gasteiger partial charge is 0.410 e. The summed E-state index contributed by atoms with van der Waals surface area (Å²) in [6.07, 6.45) is -7.06. The summed E-state index contributed by atoms with van der Waals surface area (Å²) in [5.74, 6) is 0.145. The number of hydrogen-bond acceptors (Lipinski definition) is 17. The molecule has 1 aliphatic carbocycles. The molecule has 3 fully saturated rings. The van der Waals surface area contributed by atoms with Gasteiger partial charge in [-0.1, -0.05) is 0 Å². The average molecular weight is 846 g/mol. The van der Waals surface area contributed by atoms with Crippen molar-refractivity contribution in [2.45, 2.75) is 165 Å². The van der Waals surface area contributed by atoms with E-state index in [1.165, 1.54) is 14.0 Å². The molecule has 1 saturated carbocycles. The summed E-state index contributed by atoms with van der Waals surface area (Å²) < 4.78 is 35.5. The molecule has 4 aliphatic rings. The lowest BCUT2D eigenvalue weighted by Crippen LogP contribution is -2.70. The first-order valence-corrected chi connectivity index (χ1v) is 20.6. The SMILES string of the molecule is CN(C(=O)OC(C)(C)C)[C@@H]1[C@@H](O)[C@@H](O[C@@H]2[C@@H](O)[C@H](O[C@H]3OC(CNCC4CCN(C(=O)OC(C)(C)C)CC4)=CC[C@H]3N)[C@@H](N)C[C@H]2NC(=O)[C@H](O)CCN)OC[C@]1(C)O. The highest BCUT2D eigenvalue weighted by Gasteiger charge is 2.54. The van der Waals surface area contributed by atoms with E-state index in [0.717, 1.165) is 17.7 Å². The van der Waals surface area contributed by atoms with Gasteiger partial charge in [0.2, 0.25) is 12.2 Å². The summed E-state index contributed by atoms with van der Waals surface area (Å²) in [6.45, 7) is 13.9. The molecule has 20 heteroatoms. The third-order valence-corrected chi connectivity index (χ3v) is 10.8. The summed E-state index contributed by atoms with van der Waals surface area (Å²) >= 11 is 0. The van der Waals surface area contributed by atoms with E-state index in [1.54, 1.807) is 25.7 Å². The molecular weight excluding hydrogens is 774 g/mol. The Balaban J connectivity index is 1.43. The van der Waals surface area contributed by atoms with E-state index >= 15 is 0 Å². The highest BCUT2D eigenvalue weighted by molar-refractivity contribution is 5.80. The standard InChI is InChI=1S/C39H71N7O13/c1-37(2,3)58-35(51)45(8)31-28(49)34(54-20-39(31,7)53)57-30-25(44-32(50)26(47)11-14-40)17-24(42)29(27(30)48)56-33-23(41)10-9-22(55-33)19-43-18-21-12-15-46(16-13-21)36(52)59-38(4,5)6/h9,21,23-31,33-34,43,47-49,53H,10-20,40-42H2,1-8H3,(H,44,50)/t23-,24+,25-,26-,27+,28-,29-,30+,31-,33-,34-,39+/m1/s1. The van der Waals surface area contributed by atoms with Gasteiger partial charge >= 0.3 is 12.2 Å². The number of ether oxygens (including phenoxy) is 6. The molecule has 3 heterocycles. The summed E-state index contributed by atoms with van der Waals surface area (Å²) in [5, 5.41) is 51.2. The predicted octanol–water partition coefficient (Wildman–Crippen LogP) is -1.06. The molecule has 20 nitrogen and oxygen atoms in total. The van der Waals surface area contributed by atoms with Crippen molar-refractivity contribution in [2.24, 2.45) is 23.1 Å². The van der Waals surface area contributed by atoms with E-state index in [2.05, 4.69) is 10.6 Å². The van der Waals surface area contributed by atoms with Gasteiger partial charge in [-0.25, -0.2) is 9.59 Å². The fourth-order valence-corrected chi connectivity index (χ4v) is 7.73. The Labute approximate surface area is 347 Å². The number of likely N-dealkylation sites (N-methyl/N-ethyl adjacent to an activating group) is 1. The van der Waals surface area contributed by atoms with Gasteiger partial charge in [0.1, 0.15) is 53.1 Å². The van der Waals surface area contributed by atoms with Crippen LogP contribution >= 0.6 is 0 Å². The number of nitrogens with one attached hydrogen (secondary N) is 2. The summed E-state index contributed by atoms with van der Waals surface area (Å²) in [4.78, 5) is 41.3. The molecular formula is C39H71N7O13. The van der Waals surface area contributed by atoms with Crippen LogP contribution in [0, 0.1) is 5.92 Å². The van der Waals surface area contributed by atoms with Gasteiger partial charge < -0.3 is 86.5 Å². The van der Waals surface area contributed by atoms with Crippen LogP contribution in [0.2, 0.25) is 0 Å². The van der Waals surface area contributed by atoms with Crippen molar-refractivity contribution >= 4 is 18.1 Å². The minimum atomic E-state index is -1.75. The highest BCUT2D eigenvalue weighted by Crippen LogP contribution is 2.34. The number of nitrogens with two attached hydrogens (primary N) is 3. The minimum Gasteiger partial charge on any atom is -0.467 e. The van der Waals surface area contributed by atoms with Crippen LogP contribution in [0.15, 0.2) is 11.8 Å². The Morgan fingerprint density at radius 2 is 1.63 bits per heavy atom. The molecule has 0 aromatic rings. The molecule has 0 spiro atoms. The Hall–Kier alpha value is -2.89. The number of aliphatic hydroxyl groups excluding tert-OH is 3. The zero-order chi connectivity index (χ0) is 44.0. The first kappa shape index (κ1) is 48.8. The van der Waals surface area contributed by atoms with E-state index in [0.29, 0.717) is 44.3 Å². The highest BCUT2D eigenvalue weighted by atomic mass is 16.7. The second kappa shape index (κ2) is 20.3. The minimum absolute atomic E-state index is 0.0196. The van der Waals surface area contributed by atoms with Gasteiger partial charge in [-0.3, -0.25) is 4.79 Å². The fraction of sp³-hybridized carbons (Fsp3) is 0.872. The lowest BCUT2D eigenvalue weighted by Gasteiger charge is -2.50. The number of aliphatic hydroxyl groups is 4. The van der Waals surface area contributed by atoms with Crippen molar-refractivity contribution in [1.82, 2.24) is 20.4 Å². The Kier molecular flexibility index (Phi) is 16.8. The maximum Gasteiger partial charge on any atom is 0.410 e. The van der Waals surface area contributed by atoms with Gasteiger partial charge in [-0.15, -0.1) is 0 Å². The Bertz CT molecular complexity index is 1430. The normalized spacial score (nSPS) is 33.9. The van der Waals surface area contributed by atoms with Crippen molar-refractivity contribution in [1.29, 1.82) is 0 Å². The van der Waals surface area contributed by atoms with Gasteiger partial charge in [0.05, 0.1) is 31.3 Å². The van der Waals surface area contributed by atoms with Gasteiger partial charge in [-0.05, 0) is 106 Å². The third-order valence-electron chi connectivity index (χ3n) is 10.8. The predicted molar refractivity (Wildman–Crippen MR) is 213 cm³/mol. The van der Waals surface area contributed by atoms with Crippen LogP contribution in [0.5, 0.6) is 0 Å². The lowest BCUT2D eigenvalue weighted by atomic mass is 9.83. The van der Waals surface area contributed by atoms with Gasteiger partial charge in [-0.2, -0.15) is 0 Å². The molecule has 0 bridgehead atoms. The summed E-state index contributed by atoms with van der Waals surface area (Å²) in [5.41, 5.74) is 15.4. The Morgan fingerprint density at radius 1 is 1.00 bits per heavy atom. The van der Waals surface area contributed by atoms with Crippen molar-refractivity contribution in [3.05, 3.63) is 11.8 Å². The van der Waals surface area contributed by atoms with E-state index in [-0.39, 0.29) is 32.1 Å². The topological polar surface area (TPSA) is 296 Å². The molecule has 12 atom stereocenters. The monoisotopic (exact) mass is 846 g/mol. The first-order valence-electron chi connectivity index (χ1n) is 20.6. The number of carbonyl (C=O) groups is 3. The maximum atomic E-state index is 13.0. The van der Waals surface area contributed by atoms with Crippen LogP contribution in [0.1, 0.15) is 80.6 Å². The number of carbonyl (C=O) groups excluding carboxylic acids is 3. The van der Waals surface area contributed by atoms with E-state index < -0.39 is 96.1 Å². The van der Waals surface area contributed by atoms with Crippen LogP contribution in [0.25, 0.3) is 0 Å². The van der Waals surface area contributed by atoms with Crippen molar-refractivity contribution in [2.75, 3.05) is 46.4 Å². The van der Waals surface area contributed by atoms with Crippen LogP contribution in [-0.4, -0.2) is 179 Å². The molecule has 0 aromatic heterocycles. The van der Waals surface area contributed by atoms with Gasteiger partial charge in [0.15, 0.2) is 6.29 Å². The van der Waals surface area contributed by atoms with Gasteiger partial charge in [0.25, 0.3) is 0 Å². The lowest BCUT2D eigenvalue weighted by molar-refractivity contribution is -0.310. The van der Waals surface area contributed by atoms with Crippen molar-refractivity contribution in [3.8, 4) is 0 Å². The van der Waals surface area contributed by atoms with Crippen LogP contribution in [0.4, 0.5) is 9.59 Å². The van der Waals surface area contributed by atoms with Gasteiger partial charge in [0, 0.05) is 26.2 Å². The third kappa shape index (κ3) is 13.5. The fourth-order valence-electron chi connectivity index (χ4n) is 7.73. The molecule has 0 unspecified atom stereocenters. The van der Waals surface area contributed by atoms with Crippen LogP contribution in [0.3, 0.4) is 0 Å². The molecule has 0 radical (unpaired) electrons. The number of amides is 3. The number of rotatable bonds is 13. The number of nitrogens with zero attached hydrogens (tertiary/aromatic N) is 2. The molecule has 59 heavy (non-hydrogen) atoms. The average Bonchev–Trinajstić information content (AvgIpc) is 3.12. The molecule has 12 N–H and O–H groups in total.